The van der Waals surface area contributed by atoms with Crippen molar-refractivity contribution in [3.05, 3.63) is 100 Å². The fraction of sp³-hybridized carbons (Fsp3) is 0.410. The van der Waals surface area contributed by atoms with E-state index in [1.807, 2.05) is 0 Å². The van der Waals surface area contributed by atoms with E-state index in [4.69, 9.17) is 0 Å². The van der Waals surface area contributed by atoms with Crippen molar-refractivity contribution in [1.29, 1.82) is 0 Å². The van der Waals surface area contributed by atoms with Crippen LogP contribution in [0.4, 0.5) is 0 Å². The average molecular weight is 527 g/mol. The second-order valence-electron chi connectivity index (χ2n) is 13.0. The van der Waals surface area contributed by atoms with Gasteiger partial charge in [0, 0.05) is 18.1 Å². The molecule has 0 saturated carbocycles. The molecule has 1 aromatic heterocycles. The monoisotopic (exact) mass is 526 g/mol. The van der Waals surface area contributed by atoms with Gasteiger partial charge in [-0.05, 0) is 100 Å². The van der Waals surface area contributed by atoms with E-state index in [1.165, 1.54) is 75.2 Å². The van der Waals surface area contributed by atoms with Crippen molar-refractivity contribution >= 4 is 21.5 Å². The molecule has 2 heterocycles. The van der Waals surface area contributed by atoms with Crippen LogP contribution in [0.2, 0.25) is 0 Å². The molecule has 1 nitrogen and oxygen atoms in total. The Morgan fingerprint density at radius 3 is 2.30 bits per heavy atom. The van der Waals surface area contributed by atoms with Gasteiger partial charge in [-0.1, -0.05) is 89.6 Å². The molecule has 2 aliphatic carbocycles. The number of hydrogen-bond acceptors (Lipinski definition) is 0. The molecule has 1 unspecified atom stereocenters. The molecule has 0 N–H and O–H groups in total. The van der Waals surface area contributed by atoms with E-state index in [9.17, 15) is 0 Å². The van der Waals surface area contributed by atoms with Gasteiger partial charge in [-0.2, -0.15) is 4.57 Å². The summed E-state index contributed by atoms with van der Waals surface area (Å²) in [5.41, 5.74) is 12.1. The Labute approximate surface area is 240 Å². The first kappa shape index (κ1) is 25.8. The molecule has 40 heavy (non-hydrogen) atoms. The van der Waals surface area contributed by atoms with Crippen LogP contribution in [0.5, 0.6) is 0 Å². The highest BCUT2D eigenvalue weighted by atomic mass is 15.1. The van der Waals surface area contributed by atoms with E-state index in [0.717, 1.165) is 12.8 Å². The van der Waals surface area contributed by atoms with E-state index in [0.29, 0.717) is 17.8 Å². The maximum Gasteiger partial charge on any atom is 0.222 e. The van der Waals surface area contributed by atoms with Crippen LogP contribution in [0.1, 0.15) is 102 Å². The first-order chi connectivity index (χ1) is 19.4. The van der Waals surface area contributed by atoms with E-state index < -0.39 is 0 Å². The van der Waals surface area contributed by atoms with Crippen molar-refractivity contribution in [1.82, 2.24) is 0 Å². The Kier molecular flexibility index (Phi) is 6.08. The van der Waals surface area contributed by atoms with Gasteiger partial charge >= 0.3 is 0 Å². The van der Waals surface area contributed by atoms with Gasteiger partial charge < -0.3 is 0 Å². The molecule has 3 aliphatic rings. The smallest absolute Gasteiger partial charge is 0.184 e. The highest BCUT2D eigenvalue weighted by Gasteiger charge is 2.55. The number of nitrogens with zero attached hydrogens (tertiary/aromatic N) is 1. The van der Waals surface area contributed by atoms with Crippen LogP contribution in [0.25, 0.3) is 32.8 Å². The summed E-state index contributed by atoms with van der Waals surface area (Å²) in [6.45, 7) is 14.2. The van der Waals surface area contributed by atoms with Gasteiger partial charge in [0.2, 0.25) is 11.2 Å². The Morgan fingerprint density at radius 1 is 0.825 bits per heavy atom. The van der Waals surface area contributed by atoms with Crippen LogP contribution in [-0.2, 0) is 12.0 Å². The number of pyridine rings is 1. The topological polar surface area (TPSA) is 3.88 Å². The molecule has 1 heteroatoms. The van der Waals surface area contributed by atoms with Crippen molar-refractivity contribution in [3.63, 3.8) is 0 Å². The summed E-state index contributed by atoms with van der Waals surface area (Å²) in [6, 6.07) is 19.1. The molecule has 1 spiro atoms. The molecule has 0 fully saturated rings. The third-order valence-corrected chi connectivity index (χ3v) is 10.6. The summed E-state index contributed by atoms with van der Waals surface area (Å²) in [5.74, 6) is 1.75. The van der Waals surface area contributed by atoms with Crippen LogP contribution in [-0.4, -0.2) is 0 Å². The zero-order valence-electron chi connectivity index (χ0n) is 25.3. The van der Waals surface area contributed by atoms with Crippen molar-refractivity contribution in [2.45, 2.75) is 91.5 Å². The lowest BCUT2D eigenvalue weighted by Crippen LogP contribution is -2.55. The van der Waals surface area contributed by atoms with Crippen molar-refractivity contribution in [3.8, 4) is 11.3 Å². The third-order valence-electron chi connectivity index (χ3n) is 10.6. The maximum absolute atomic E-state index is 2.73. The molecule has 3 aromatic carbocycles. The molecule has 4 aromatic rings. The minimum absolute atomic E-state index is 0.183. The van der Waals surface area contributed by atoms with Gasteiger partial charge in [0.1, 0.15) is 0 Å². The summed E-state index contributed by atoms with van der Waals surface area (Å²) >= 11 is 0. The summed E-state index contributed by atoms with van der Waals surface area (Å²) in [6.07, 6.45) is 14.7. The quantitative estimate of drug-likeness (QED) is 0.186. The first-order valence-corrected chi connectivity index (χ1v) is 15.9. The number of benzene rings is 3. The van der Waals surface area contributed by atoms with Gasteiger partial charge in [-0.25, -0.2) is 0 Å². The SMILES string of the molecule is CCC(CC)C1=CC2(CC(C(CC)CC)=C1)c1c3c(cc4ccccc14)Cc1cc(C(C)C)cc4cc[n+]2c-3c14. The predicted octanol–water partition coefficient (Wildman–Crippen LogP) is 10.2. The Balaban J connectivity index is 1.63. The number of hydrogen-bond donors (Lipinski definition) is 0. The number of aromatic nitrogens is 1. The van der Waals surface area contributed by atoms with E-state index in [-0.39, 0.29) is 5.54 Å². The average Bonchev–Trinajstić information content (AvgIpc) is 3.24. The molecule has 0 radical (unpaired) electrons. The fourth-order valence-corrected chi connectivity index (χ4v) is 8.49. The summed E-state index contributed by atoms with van der Waals surface area (Å²) < 4.78 is 2.73. The summed E-state index contributed by atoms with van der Waals surface area (Å²) in [4.78, 5) is 0. The largest absolute Gasteiger partial charge is 0.222 e. The Hall–Kier alpha value is -3.19. The van der Waals surface area contributed by atoms with Crippen molar-refractivity contribution in [2.24, 2.45) is 11.8 Å². The van der Waals surface area contributed by atoms with E-state index in [1.54, 1.807) is 16.7 Å². The van der Waals surface area contributed by atoms with Crippen molar-refractivity contribution < 1.29 is 4.57 Å². The number of allylic oxidation sites excluding steroid dienone is 4. The maximum atomic E-state index is 2.73. The molecule has 0 bridgehead atoms. The molecule has 0 amide bonds. The number of rotatable bonds is 7. The standard InChI is InChI=1S/C39H44N/c1-7-25(8-2)32-21-33(26(9-3)10-4)23-39(22-32)37-34-14-12-11-13-27(34)17-31-20-30-19-29(24(5)6)18-28-15-16-40(39)38(35(28)30)36(31)37/h11-19,21-22,24-26H,7-10,20,23H2,1-6H3/q+1. The van der Waals surface area contributed by atoms with Crippen molar-refractivity contribution in [2.75, 3.05) is 0 Å². The zero-order chi connectivity index (χ0) is 27.8. The summed E-state index contributed by atoms with van der Waals surface area (Å²) in [5, 5.41) is 5.72. The lowest BCUT2D eigenvalue weighted by Gasteiger charge is -2.34. The molecular formula is C39H44N+. The van der Waals surface area contributed by atoms with Crippen LogP contribution in [0, 0.1) is 11.8 Å². The normalized spacial score (nSPS) is 19.0. The zero-order valence-corrected chi connectivity index (χ0v) is 25.3. The second kappa shape index (κ2) is 9.44. The van der Waals surface area contributed by atoms with Gasteiger partial charge in [-0.3, -0.25) is 0 Å². The predicted molar refractivity (Wildman–Crippen MR) is 170 cm³/mol. The van der Waals surface area contributed by atoms with Crippen LogP contribution < -0.4 is 4.57 Å². The molecule has 204 valence electrons. The highest BCUT2D eigenvalue weighted by molar-refractivity contribution is 6.05. The minimum atomic E-state index is -0.183. The molecule has 1 atom stereocenters. The fourth-order valence-electron chi connectivity index (χ4n) is 8.49. The lowest BCUT2D eigenvalue weighted by molar-refractivity contribution is -0.725. The van der Waals surface area contributed by atoms with Gasteiger partial charge in [0.15, 0.2) is 6.20 Å². The van der Waals surface area contributed by atoms with Gasteiger partial charge in [-0.15, -0.1) is 0 Å². The first-order valence-electron chi connectivity index (χ1n) is 15.9. The van der Waals surface area contributed by atoms with Crippen LogP contribution >= 0.6 is 0 Å². The van der Waals surface area contributed by atoms with E-state index in [2.05, 4.69) is 113 Å². The lowest BCUT2D eigenvalue weighted by atomic mass is 9.70. The highest BCUT2D eigenvalue weighted by Crippen LogP contribution is 2.55. The minimum Gasteiger partial charge on any atom is -0.184 e. The second-order valence-corrected chi connectivity index (χ2v) is 13.0. The van der Waals surface area contributed by atoms with E-state index >= 15 is 0 Å². The molecule has 1 aliphatic heterocycles. The molecule has 0 saturated heterocycles. The third kappa shape index (κ3) is 3.49. The van der Waals surface area contributed by atoms with Crippen LogP contribution in [0.3, 0.4) is 0 Å². The Bertz CT molecular complexity index is 1720. The Morgan fingerprint density at radius 2 is 1.57 bits per heavy atom. The molecular weight excluding hydrogens is 482 g/mol. The van der Waals surface area contributed by atoms with Crippen LogP contribution in [0.15, 0.2) is 78.0 Å². The number of fused-ring (bicyclic) bond motifs is 4. The molecule has 7 rings (SSSR count). The van der Waals surface area contributed by atoms with Gasteiger partial charge in [0.05, 0.1) is 10.9 Å². The van der Waals surface area contributed by atoms with Gasteiger partial charge in [0.25, 0.3) is 0 Å². The summed E-state index contributed by atoms with van der Waals surface area (Å²) in [7, 11) is 0.